The Morgan fingerprint density at radius 3 is 1.78 bits per heavy atom. The molecular formula is C3H6Li2O4. The monoisotopic (exact) mass is 120 g/mol. The molecule has 0 aromatic carbocycles. The van der Waals surface area contributed by atoms with Crippen molar-refractivity contribution in [1.82, 2.24) is 0 Å². The Balaban J connectivity index is -0.0000000300. The molecule has 0 fully saturated rings. The van der Waals surface area contributed by atoms with Crippen LogP contribution in [0, 0.1) is 0 Å². The van der Waals surface area contributed by atoms with E-state index in [1.165, 1.54) is 0 Å². The zero-order valence-electron chi connectivity index (χ0n) is 7.67. The van der Waals surface area contributed by atoms with Gasteiger partial charge in [0.25, 0.3) is 0 Å². The normalized spacial score (nSPS) is 5.89. The topological polar surface area (TPSA) is 63.6 Å². The first-order chi connectivity index (χ1) is 3.13. The fraction of sp³-hybridized carbons (Fsp3) is 0.333. The van der Waals surface area contributed by atoms with E-state index in [1.807, 2.05) is 0 Å². The molecular weight excluding hydrogens is 114 g/mol. The van der Waals surface area contributed by atoms with Gasteiger partial charge in [-0.3, -0.25) is 4.79 Å². The average Bonchev–Trinajstić information content (AvgIpc) is 1.27. The summed E-state index contributed by atoms with van der Waals surface area (Å²) in [6.07, 6.45) is -1.56. The van der Waals surface area contributed by atoms with E-state index in [0.717, 1.165) is 6.92 Å². The number of carboxylic acid groups (broad SMARTS) is 1. The van der Waals surface area contributed by atoms with Crippen molar-refractivity contribution in [3.05, 3.63) is 0 Å². The predicted molar refractivity (Wildman–Crippen MR) is 22.0 cm³/mol. The molecule has 0 aromatic heterocycles. The molecule has 0 rings (SSSR count). The molecule has 0 aliphatic heterocycles. The van der Waals surface area contributed by atoms with Gasteiger partial charge in [0.05, 0.1) is 0 Å². The Kier molecular flexibility index (Phi) is 14.5. The van der Waals surface area contributed by atoms with Crippen LogP contribution in [0.1, 0.15) is 9.78 Å². The zero-order chi connectivity index (χ0) is 5.86. The van der Waals surface area contributed by atoms with Crippen LogP contribution in [0.5, 0.6) is 0 Å². The smallest absolute Gasteiger partial charge is 1.00 e. The minimum atomic E-state index is -1.56. The first-order valence-corrected chi connectivity index (χ1v) is 1.54. The molecule has 0 spiro atoms. The van der Waals surface area contributed by atoms with Crippen LogP contribution in [-0.4, -0.2) is 17.2 Å². The molecule has 0 amide bonds. The first-order valence-electron chi connectivity index (χ1n) is 1.54. The Bertz CT molecular complexity index is 97.5. The second-order valence-corrected chi connectivity index (χ2v) is 0.860. The maximum atomic E-state index is 9.65. The summed E-state index contributed by atoms with van der Waals surface area (Å²) in [4.78, 5) is 19.0. The van der Waals surface area contributed by atoms with Crippen LogP contribution < -0.4 is 37.7 Å². The van der Waals surface area contributed by atoms with Gasteiger partial charge in [-0.15, -0.1) is 0 Å². The minimum absolute atomic E-state index is 0. The van der Waals surface area contributed by atoms with E-state index in [-0.39, 0.29) is 40.6 Å². The van der Waals surface area contributed by atoms with Gasteiger partial charge in [-0.05, 0) is 0 Å². The van der Waals surface area contributed by atoms with Crippen LogP contribution in [0.2, 0.25) is 0 Å². The van der Waals surface area contributed by atoms with Gasteiger partial charge in [0.1, 0.15) is 0 Å². The molecule has 0 saturated carbocycles. The second kappa shape index (κ2) is 8.13. The van der Waals surface area contributed by atoms with Crippen molar-refractivity contribution in [2.75, 3.05) is 0 Å². The molecule has 0 atom stereocenters. The molecule has 0 saturated heterocycles. The molecule has 0 heterocycles. The molecule has 44 valence electrons. The third-order valence-electron chi connectivity index (χ3n) is 0.231. The number of hydrogen-bond donors (Lipinski definition) is 1. The van der Waals surface area contributed by atoms with Crippen LogP contribution in [0.3, 0.4) is 0 Å². The van der Waals surface area contributed by atoms with E-state index in [2.05, 4.69) is 4.74 Å². The predicted octanol–water partition coefficient (Wildman–Crippen LogP) is -5.54. The standard InChI is InChI=1S/C3H4O4.2Li.2H/c1-2(4)7-3(5)6;;;;/h1H3,(H,5,6);;;;/q;2*+1;2*-1. The van der Waals surface area contributed by atoms with E-state index in [4.69, 9.17) is 5.11 Å². The van der Waals surface area contributed by atoms with Gasteiger partial charge in [-0.2, -0.15) is 0 Å². The van der Waals surface area contributed by atoms with Gasteiger partial charge in [0.2, 0.25) is 0 Å². The molecule has 0 bridgehead atoms. The summed E-state index contributed by atoms with van der Waals surface area (Å²) < 4.78 is 3.53. The maximum absolute atomic E-state index is 9.65. The summed E-state index contributed by atoms with van der Waals surface area (Å²) in [6.45, 7) is 1.02. The summed E-state index contributed by atoms with van der Waals surface area (Å²) in [5.41, 5.74) is 0. The van der Waals surface area contributed by atoms with Gasteiger partial charge < -0.3 is 12.7 Å². The summed E-state index contributed by atoms with van der Waals surface area (Å²) in [6, 6.07) is 0. The molecule has 0 aliphatic rings. The van der Waals surface area contributed by atoms with Crippen LogP contribution in [0.4, 0.5) is 4.79 Å². The summed E-state index contributed by atoms with van der Waals surface area (Å²) in [5.74, 6) is -0.812. The van der Waals surface area contributed by atoms with E-state index < -0.39 is 12.1 Å². The van der Waals surface area contributed by atoms with Crippen molar-refractivity contribution in [3.8, 4) is 0 Å². The quantitative estimate of drug-likeness (QED) is 0.197. The van der Waals surface area contributed by atoms with E-state index >= 15 is 0 Å². The van der Waals surface area contributed by atoms with Crippen molar-refractivity contribution in [1.29, 1.82) is 0 Å². The van der Waals surface area contributed by atoms with E-state index in [0.29, 0.717) is 0 Å². The first kappa shape index (κ1) is 16.1. The molecule has 4 nitrogen and oxygen atoms in total. The molecule has 0 aromatic rings. The fourth-order valence-corrected chi connectivity index (χ4v) is 0.123. The molecule has 0 radical (unpaired) electrons. The summed E-state index contributed by atoms with van der Waals surface area (Å²) in [7, 11) is 0. The van der Waals surface area contributed by atoms with Gasteiger partial charge in [0, 0.05) is 6.92 Å². The van der Waals surface area contributed by atoms with E-state index in [1.54, 1.807) is 0 Å². The number of hydrogen-bond acceptors (Lipinski definition) is 3. The SMILES string of the molecule is CC(=O)OC(=O)O.[H-].[H-].[Li+].[Li+]. The third-order valence-corrected chi connectivity index (χ3v) is 0.231. The average molecular weight is 120 g/mol. The van der Waals surface area contributed by atoms with Crippen LogP contribution in [-0.2, 0) is 9.53 Å². The van der Waals surface area contributed by atoms with Crippen LogP contribution in [0.25, 0.3) is 0 Å². The molecule has 1 N–H and O–H groups in total. The molecule has 6 heteroatoms. The number of ether oxygens (including phenoxy) is 1. The maximum Gasteiger partial charge on any atom is 1.00 e. The number of carbonyl (C=O) groups excluding carboxylic acids is 1. The molecule has 9 heavy (non-hydrogen) atoms. The molecule has 0 aliphatic carbocycles. The van der Waals surface area contributed by atoms with Gasteiger partial charge in [0.15, 0.2) is 0 Å². The van der Waals surface area contributed by atoms with Gasteiger partial charge in [-0.1, -0.05) is 0 Å². The van der Waals surface area contributed by atoms with Crippen molar-refractivity contribution >= 4 is 12.1 Å². The Morgan fingerprint density at radius 2 is 1.78 bits per heavy atom. The number of esters is 1. The summed E-state index contributed by atoms with van der Waals surface area (Å²) in [5, 5.41) is 7.64. The number of carbonyl (C=O) groups is 2. The second-order valence-electron chi connectivity index (χ2n) is 0.860. The van der Waals surface area contributed by atoms with Gasteiger partial charge in [-0.25, -0.2) is 4.79 Å². The fourth-order valence-electron chi connectivity index (χ4n) is 0.123. The largest absolute Gasteiger partial charge is 1.00 e. The van der Waals surface area contributed by atoms with Crippen LogP contribution in [0.15, 0.2) is 0 Å². The van der Waals surface area contributed by atoms with Crippen molar-refractivity contribution < 1.29 is 60.0 Å². The van der Waals surface area contributed by atoms with E-state index in [9.17, 15) is 9.59 Å². The zero-order valence-corrected chi connectivity index (χ0v) is 5.67. The Labute approximate surface area is 79.3 Å². The minimum Gasteiger partial charge on any atom is -1.00 e. The van der Waals surface area contributed by atoms with Crippen molar-refractivity contribution in [2.45, 2.75) is 6.92 Å². The number of rotatable bonds is 0. The summed E-state index contributed by atoms with van der Waals surface area (Å²) >= 11 is 0. The molecule has 0 unspecified atom stereocenters. The third kappa shape index (κ3) is 17.9. The van der Waals surface area contributed by atoms with Crippen molar-refractivity contribution in [3.63, 3.8) is 0 Å². The van der Waals surface area contributed by atoms with Crippen LogP contribution >= 0.6 is 0 Å². The Morgan fingerprint density at radius 1 is 1.44 bits per heavy atom. The van der Waals surface area contributed by atoms with Crippen molar-refractivity contribution in [2.24, 2.45) is 0 Å². The van der Waals surface area contributed by atoms with Gasteiger partial charge >= 0.3 is 49.8 Å². The Hall–Kier alpha value is 0.135.